The summed E-state index contributed by atoms with van der Waals surface area (Å²) < 4.78 is 0. The molecule has 0 unspecified atom stereocenters. The average molecular weight is 359 g/mol. The third kappa shape index (κ3) is 3.07. The third-order valence-electron chi connectivity index (χ3n) is 3.53. The predicted octanol–water partition coefficient (Wildman–Crippen LogP) is 5.74. The van der Waals surface area contributed by atoms with Gasteiger partial charge in [-0.3, -0.25) is 10.1 Å². The van der Waals surface area contributed by atoms with Crippen molar-refractivity contribution < 1.29 is 10.0 Å². The molecule has 0 saturated heterocycles. The van der Waals surface area contributed by atoms with Crippen LogP contribution < -0.4 is 0 Å². The number of benzene rings is 3. The summed E-state index contributed by atoms with van der Waals surface area (Å²) >= 11 is 11.9. The van der Waals surface area contributed by atoms with Gasteiger partial charge in [0.15, 0.2) is 5.75 Å². The SMILES string of the molecule is O=[N+]([O-])c1c(O)ccc(-c2[c]ccc(Cl)c2)c1-c1ccc(Cl)cc1. The molecule has 3 rings (SSSR count). The molecule has 0 bridgehead atoms. The number of nitro groups is 1. The lowest BCUT2D eigenvalue weighted by Gasteiger charge is -2.12. The second-order valence-electron chi connectivity index (χ2n) is 5.04. The van der Waals surface area contributed by atoms with Crippen LogP contribution in [0.3, 0.4) is 0 Å². The van der Waals surface area contributed by atoms with Gasteiger partial charge in [-0.25, -0.2) is 0 Å². The minimum Gasteiger partial charge on any atom is -0.502 e. The molecule has 0 atom stereocenters. The standard InChI is InChI=1S/C18H10Cl2NO3/c19-13-6-4-11(5-7-13)17-15(12-2-1-3-14(20)10-12)8-9-16(22)18(17)21(23)24/h1,3-10,22H. The molecule has 3 aromatic carbocycles. The minimum atomic E-state index is -0.604. The maximum atomic E-state index is 11.5. The van der Waals surface area contributed by atoms with E-state index in [0.29, 0.717) is 26.7 Å². The summed E-state index contributed by atoms with van der Waals surface area (Å²) in [5, 5.41) is 22.5. The molecule has 0 fully saturated rings. The van der Waals surface area contributed by atoms with Crippen LogP contribution in [0.4, 0.5) is 5.69 Å². The highest BCUT2D eigenvalue weighted by molar-refractivity contribution is 6.31. The summed E-state index contributed by atoms with van der Waals surface area (Å²) in [6.07, 6.45) is 0. The fourth-order valence-corrected chi connectivity index (χ4v) is 2.79. The second kappa shape index (κ2) is 6.51. The lowest BCUT2D eigenvalue weighted by molar-refractivity contribution is -0.385. The number of rotatable bonds is 3. The normalized spacial score (nSPS) is 10.6. The Kier molecular flexibility index (Phi) is 4.42. The van der Waals surface area contributed by atoms with Gasteiger partial charge >= 0.3 is 5.69 Å². The first-order valence-corrected chi connectivity index (χ1v) is 7.67. The maximum absolute atomic E-state index is 11.5. The average Bonchev–Trinajstić information content (AvgIpc) is 2.55. The van der Waals surface area contributed by atoms with E-state index in [-0.39, 0.29) is 11.3 Å². The number of phenolic OH excluding ortho intramolecular Hbond substituents is 1. The smallest absolute Gasteiger partial charge is 0.319 e. The Morgan fingerprint density at radius 2 is 1.71 bits per heavy atom. The number of nitro benzene ring substituents is 1. The fourth-order valence-electron chi connectivity index (χ4n) is 2.49. The molecule has 0 aliphatic rings. The molecule has 3 aromatic rings. The zero-order valence-electron chi connectivity index (χ0n) is 12.2. The molecule has 0 spiro atoms. The van der Waals surface area contributed by atoms with Crippen molar-refractivity contribution in [3.05, 3.63) is 80.8 Å². The summed E-state index contributed by atoms with van der Waals surface area (Å²) in [7, 11) is 0. The Balaban J connectivity index is 2.36. The first-order valence-electron chi connectivity index (χ1n) is 6.91. The predicted molar refractivity (Wildman–Crippen MR) is 94.5 cm³/mol. The van der Waals surface area contributed by atoms with Crippen LogP contribution in [0.1, 0.15) is 0 Å². The molecule has 0 aliphatic carbocycles. The van der Waals surface area contributed by atoms with Gasteiger partial charge in [0.05, 0.1) is 10.5 Å². The van der Waals surface area contributed by atoms with Gasteiger partial charge in [-0.1, -0.05) is 41.4 Å². The van der Waals surface area contributed by atoms with Crippen LogP contribution in [-0.2, 0) is 0 Å². The van der Waals surface area contributed by atoms with Crippen molar-refractivity contribution >= 4 is 28.9 Å². The van der Waals surface area contributed by atoms with E-state index in [1.807, 2.05) is 0 Å². The number of phenols is 1. The molecular weight excluding hydrogens is 349 g/mol. The van der Waals surface area contributed by atoms with Crippen molar-refractivity contribution in [3.63, 3.8) is 0 Å². The first-order chi connectivity index (χ1) is 11.5. The summed E-state index contributed by atoms with van der Waals surface area (Å²) in [5.74, 6) is -0.407. The molecule has 1 N–H and O–H groups in total. The fraction of sp³-hybridized carbons (Fsp3) is 0. The molecule has 24 heavy (non-hydrogen) atoms. The minimum absolute atomic E-state index is 0.287. The van der Waals surface area contributed by atoms with E-state index < -0.39 is 10.7 Å². The molecule has 0 aliphatic heterocycles. The van der Waals surface area contributed by atoms with Crippen LogP contribution >= 0.6 is 23.2 Å². The Morgan fingerprint density at radius 3 is 2.33 bits per heavy atom. The van der Waals surface area contributed by atoms with Crippen LogP contribution in [0.5, 0.6) is 5.75 Å². The number of hydrogen-bond donors (Lipinski definition) is 1. The molecular formula is C18H10Cl2NO3. The molecule has 1 radical (unpaired) electrons. The molecule has 6 heteroatoms. The Labute approximate surface area is 148 Å². The van der Waals surface area contributed by atoms with E-state index >= 15 is 0 Å². The van der Waals surface area contributed by atoms with Gasteiger partial charge in [0.1, 0.15) is 0 Å². The van der Waals surface area contributed by atoms with Crippen molar-refractivity contribution in [2.75, 3.05) is 0 Å². The molecule has 0 saturated carbocycles. The van der Waals surface area contributed by atoms with Crippen molar-refractivity contribution in [1.29, 1.82) is 0 Å². The number of hydrogen-bond acceptors (Lipinski definition) is 3. The molecule has 119 valence electrons. The maximum Gasteiger partial charge on any atom is 0.319 e. The van der Waals surface area contributed by atoms with E-state index in [4.69, 9.17) is 23.2 Å². The summed E-state index contributed by atoms with van der Waals surface area (Å²) in [5.41, 5.74) is 1.61. The van der Waals surface area contributed by atoms with Gasteiger partial charge in [-0.2, -0.15) is 0 Å². The van der Waals surface area contributed by atoms with Gasteiger partial charge in [-0.05, 0) is 59.2 Å². The van der Waals surface area contributed by atoms with Crippen molar-refractivity contribution in [3.8, 4) is 28.0 Å². The summed E-state index contributed by atoms with van der Waals surface area (Å²) in [4.78, 5) is 10.9. The zero-order valence-corrected chi connectivity index (χ0v) is 13.7. The van der Waals surface area contributed by atoms with Crippen molar-refractivity contribution in [2.45, 2.75) is 0 Å². The van der Waals surface area contributed by atoms with Crippen LogP contribution in [0.15, 0.2) is 54.6 Å². The summed E-state index contributed by atoms with van der Waals surface area (Å²) in [6.45, 7) is 0. The van der Waals surface area contributed by atoms with Crippen LogP contribution in [-0.4, -0.2) is 10.0 Å². The first kappa shape index (κ1) is 16.3. The van der Waals surface area contributed by atoms with Crippen LogP contribution in [0, 0.1) is 16.2 Å². The lowest BCUT2D eigenvalue weighted by atomic mass is 9.92. The monoisotopic (exact) mass is 358 g/mol. The highest BCUT2D eigenvalue weighted by Gasteiger charge is 2.25. The topological polar surface area (TPSA) is 63.4 Å². The molecule has 4 nitrogen and oxygen atoms in total. The van der Waals surface area contributed by atoms with Gasteiger partial charge in [0, 0.05) is 10.0 Å². The van der Waals surface area contributed by atoms with Crippen LogP contribution in [0.25, 0.3) is 22.3 Å². The van der Waals surface area contributed by atoms with E-state index in [1.54, 1.807) is 48.5 Å². The molecule has 0 heterocycles. The Hall–Kier alpha value is -2.56. The second-order valence-corrected chi connectivity index (χ2v) is 5.91. The van der Waals surface area contributed by atoms with Crippen molar-refractivity contribution in [2.24, 2.45) is 0 Å². The van der Waals surface area contributed by atoms with E-state index in [2.05, 4.69) is 6.07 Å². The number of halogens is 2. The largest absolute Gasteiger partial charge is 0.502 e. The summed E-state index contributed by atoms with van der Waals surface area (Å²) in [6, 6.07) is 17.5. The van der Waals surface area contributed by atoms with Gasteiger partial charge in [0.2, 0.25) is 0 Å². The lowest BCUT2D eigenvalue weighted by Crippen LogP contribution is -1.96. The van der Waals surface area contributed by atoms with E-state index in [1.165, 1.54) is 6.07 Å². The van der Waals surface area contributed by atoms with E-state index in [9.17, 15) is 15.2 Å². The Bertz CT molecular complexity index is 924. The van der Waals surface area contributed by atoms with Crippen molar-refractivity contribution in [1.82, 2.24) is 0 Å². The van der Waals surface area contributed by atoms with Crippen LogP contribution in [0.2, 0.25) is 10.0 Å². The van der Waals surface area contributed by atoms with Gasteiger partial charge in [0.25, 0.3) is 0 Å². The Morgan fingerprint density at radius 1 is 1.00 bits per heavy atom. The zero-order chi connectivity index (χ0) is 17.3. The van der Waals surface area contributed by atoms with E-state index in [0.717, 1.165) is 0 Å². The highest BCUT2D eigenvalue weighted by Crippen LogP contribution is 2.44. The molecule has 0 amide bonds. The molecule has 0 aromatic heterocycles. The van der Waals surface area contributed by atoms with Gasteiger partial charge in [-0.15, -0.1) is 0 Å². The third-order valence-corrected chi connectivity index (χ3v) is 4.01. The highest BCUT2D eigenvalue weighted by atomic mass is 35.5. The van der Waals surface area contributed by atoms with Gasteiger partial charge < -0.3 is 5.11 Å². The number of nitrogens with zero attached hydrogens (tertiary/aromatic N) is 1. The number of aromatic hydroxyl groups is 1. The quantitative estimate of drug-likeness (QED) is 0.479.